The normalized spacial score (nSPS) is 11.9. The van der Waals surface area contributed by atoms with Crippen molar-refractivity contribution in [3.8, 4) is 0 Å². The molecule has 1 amide bonds. The minimum atomic E-state index is -0.677. The molecule has 0 saturated heterocycles. The Hall–Kier alpha value is -2.63. The van der Waals surface area contributed by atoms with Crippen LogP contribution in [-0.2, 0) is 6.42 Å². The van der Waals surface area contributed by atoms with Crippen molar-refractivity contribution < 1.29 is 14.1 Å². The van der Waals surface area contributed by atoms with Crippen LogP contribution in [0.4, 0.5) is 5.88 Å². The highest BCUT2D eigenvalue weighted by Gasteiger charge is 2.19. The summed E-state index contributed by atoms with van der Waals surface area (Å²) in [7, 11) is 0. The van der Waals surface area contributed by atoms with Gasteiger partial charge in [0.1, 0.15) is 4.92 Å². The summed E-state index contributed by atoms with van der Waals surface area (Å²) in [5.41, 5.74) is 2.18. The molecule has 0 spiro atoms. The van der Waals surface area contributed by atoms with E-state index in [1.54, 1.807) is 0 Å². The van der Waals surface area contributed by atoms with Gasteiger partial charge in [-0.05, 0) is 30.5 Å². The first-order valence-electron chi connectivity index (χ1n) is 6.65. The maximum absolute atomic E-state index is 12.0. The van der Waals surface area contributed by atoms with Crippen molar-refractivity contribution in [1.82, 2.24) is 5.32 Å². The summed E-state index contributed by atoms with van der Waals surface area (Å²) in [5, 5.41) is 13.3. The topological polar surface area (TPSA) is 85.4 Å². The lowest BCUT2D eigenvalue weighted by Crippen LogP contribution is -2.26. The Balaban J connectivity index is 2.05. The molecule has 0 aliphatic rings. The number of hydrogen-bond acceptors (Lipinski definition) is 4. The number of hydrogen-bond donors (Lipinski definition) is 1. The number of rotatable bonds is 5. The zero-order valence-corrected chi connectivity index (χ0v) is 11.8. The van der Waals surface area contributed by atoms with E-state index in [-0.39, 0.29) is 11.8 Å². The van der Waals surface area contributed by atoms with E-state index < -0.39 is 16.7 Å². The van der Waals surface area contributed by atoms with E-state index in [9.17, 15) is 14.9 Å². The lowest BCUT2D eigenvalue weighted by atomic mass is 10.0. The minimum absolute atomic E-state index is 0.0706. The number of aryl methyl sites for hydroxylation is 1. The lowest BCUT2D eigenvalue weighted by molar-refractivity contribution is -0.402. The van der Waals surface area contributed by atoms with E-state index >= 15 is 0 Å². The van der Waals surface area contributed by atoms with E-state index in [4.69, 9.17) is 4.42 Å². The van der Waals surface area contributed by atoms with Crippen LogP contribution in [0.25, 0.3) is 0 Å². The third-order valence-corrected chi connectivity index (χ3v) is 3.23. The number of furan rings is 1. The molecule has 0 radical (unpaired) electrons. The van der Waals surface area contributed by atoms with E-state index in [1.807, 2.05) is 31.2 Å². The summed E-state index contributed by atoms with van der Waals surface area (Å²) in [6.45, 7) is 3.92. The van der Waals surface area contributed by atoms with Gasteiger partial charge in [-0.25, -0.2) is 0 Å². The predicted octanol–water partition coefficient (Wildman–Crippen LogP) is 3.24. The molecule has 1 aromatic carbocycles. The first kappa shape index (κ1) is 14.8. The fourth-order valence-electron chi connectivity index (χ4n) is 1.94. The van der Waals surface area contributed by atoms with Gasteiger partial charge in [-0.1, -0.05) is 31.2 Å². The molecule has 0 aliphatic carbocycles. The lowest BCUT2D eigenvalue weighted by Gasteiger charge is -2.13. The predicted molar refractivity (Wildman–Crippen MR) is 77.1 cm³/mol. The largest absolute Gasteiger partial charge is 0.433 e. The zero-order valence-electron chi connectivity index (χ0n) is 11.8. The molecule has 1 unspecified atom stereocenters. The van der Waals surface area contributed by atoms with Crippen LogP contribution < -0.4 is 5.32 Å². The van der Waals surface area contributed by atoms with E-state index in [0.717, 1.165) is 18.1 Å². The SMILES string of the molecule is CCc1ccc(C(C)NC(=O)c2ccc([N+](=O)[O-])o2)cc1. The Labute approximate surface area is 121 Å². The summed E-state index contributed by atoms with van der Waals surface area (Å²) < 4.78 is 4.87. The van der Waals surface area contributed by atoms with Crippen molar-refractivity contribution >= 4 is 11.8 Å². The first-order chi connectivity index (χ1) is 10.0. The van der Waals surface area contributed by atoms with Gasteiger partial charge in [0.15, 0.2) is 5.76 Å². The van der Waals surface area contributed by atoms with Gasteiger partial charge in [0, 0.05) is 0 Å². The molecule has 2 aromatic rings. The van der Waals surface area contributed by atoms with Crippen molar-refractivity contribution in [1.29, 1.82) is 0 Å². The maximum Gasteiger partial charge on any atom is 0.433 e. The van der Waals surface area contributed by atoms with Gasteiger partial charge < -0.3 is 9.73 Å². The highest BCUT2D eigenvalue weighted by Crippen LogP contribution is 2.18. The third kappa shape index (κ3) is 3.47. The molecule has 1 N–H and O–H groups in total. The number of carbonyl (C=O) groups is 1. The molecule has 1 aromatic heterocycles. The molecular formula is C15H16N2O4. The molecule has 110 valence electrons. The summed E-state index contributed by atoms with van der Waals surface area (Å²) in [4.78, 5) is 21.8. The Morgan fingerprint density at radius 2 is 1.95 bits per heavy atom. The van der Waals surface area contributed by atoms with Gasteiger partial charge >= 0.3 is 5.88 Å². The van der Waals surface area contributed by atoms with Crippen LogP contribution in [0, 0.1) is 10.1 Å². The Bertz CT molecular complexity index is 646. The summed E-state index contributed by atoms with van der Waals surface area (Å²) in [5.74, 6) is -0.992. The second-order valence-electron chi connectivity index (χ2n) is 4.69. The summed E-state index contributed by atoms with van der Waals surface area (Å²) in [6, 6.07) is 10.2. The summed E-state index contributed by atoms with van der Waals surface area (Å²) in [6.07, 6.45) is 0.955. The van der Waals surface area contributed by atoms with Crippen molar-refractivity contribution in [2.75, 3.05) is 0 Å². The van der Waals surface area contributed by atoms with Crippen molar-refractivity contribution in [2.24, 2.45) is 0 Å². The quantitative estimate of drug-likeness (QED) is 0.676. The van der Waals surface area contributed by atoms with Crippen molar-refractivity contribution in [3.63, 3.8) is 0 Å². The second kappa shape index (κ2) is 6.21. The number of nitrogens with zero attached hydrogens (tertiary/aromatic N) is 1. The molecule has 6 nitrogen and oxygen atoms in total. The maximum atomic E-state index is 12.0. The Morgan fingerprint density at radius 3 is 2.48 bits per heavy atom. The number of nitrogens with one attached hydrogen (secondary N) is 1. The van der Waals surface area contributed by atoms with E-state index in [0.29, 0.717) is 0 Å². The van der Waals surface area contributed by atoms with E-state index in [1.165, 1.54) is 11.6 Å². The number of benzene rings is 1. The molecule has 0 bridgehead atoms. The van der Waals surface area contributed by atoms with Crippen LogP contribution in [0.2, 0.25) is 0 Å². The van der Waals surface area contributed by atoms with Crippen molar-refractivity contribution in [3.05, 3.63) is 63.4 Å². The van der Waals surface area contributed by atoms with Crippen LogP contribution in [0.3, 0.4) is 0 Å². The van der Waals surface area contributed by atoms with Crippen LogP contribution >= 0.6 is 0 Å². The van der Waals surface area contributed by atoms with Gasteiger partial charge in [-0.3, -0.25) is 14.9 Å². The van der Waals surface area contributed by atoms with Crippen LogP contribution in [0.5, 0.6) is 0 Å². The number of carbonyl (C=O) groups excluding carboxylic acids is 1. The summed E-state index contributed by atoms with van der Waals surface area (Å²) >= 11 is 0. The molecule has 0 fully saturated rings. The monoisotopic (exact) mass is 288 g/mol. The highest BCUT2D eigenvalue weighted by atomic mass is 16.6. The average molecular weight is 288 g/mol. The molecule has 21 heavy (non-hydrogen) atoms. The standard InChI is InChI=1S/C15H16N2O4/c1-3-11-4-6-12(7-5-11)10(2)16-15(18)13-8-9-14(21-13)17(19)20/h4-10H,3H2,1-2H3,(H,16,18). The smallest absolute Gasteiger partial charge is 0.395 e. The Kier molecular flexibility index (Phi) is 4.37. The fraction of sp³-hybridized carbons (Fsp3) is 0.267. The van der Waals surface area contributed by atoms with Crippen LogP contribution in [0.15, 0.2) is 40.8 Å². The molecule has 2 rings (SSSR count). The number of amides is 1. The van der Waals surface area contributed by atoms with Gasteiger partial charge in [-0.15, -0.1) is 0 Å². The molecule has 0 saturated carbocycles. The minimum Gasteiger partial charge on any atom is -0.395 e. The molecule has 0 aliphatic heterocycles. The molecule has 6 heteroatoms. The zero-order chi connectivity index (χ0) is 15.4. The fourth-order valence-corrected chi connectivity index (χ4v) is 1.94. The van der Waals surface area contributed by atoms with E-state index in [2.05, 4.69) is 12.2 Å². The van der Waals surface area contributed by atoms with Gasteiger partial charge in [0.05, 0.1) is 12.1 Å². The molecule has 1 heterocycles. The Morgan fingerprint density at radius 1 is 1.29 bits per heavy atom. The highest BCUT2D eigenvalue weighted by molar-refractivity contribution is 5.91. The third-order valence-electron chi connectivity index (χ3n) is 3.23. The number of nitro groups is 1. The van der Waals surface area contributed by atoms with Crippen molar-refractivity contribution in [2.45, 2.75) is 26.3 Å². The van der Waals surface area contributed by atoms with Gasteiger partial charge in [0.2, 0.25) is 0 Å². The van der Waals surface area contributed by atoms with Crippen LogP contribution in [-0.4, -0.2) is 10.8 Å². The first-order valence-corrected chi connectivity index (χ1v) is 6.65. The van der Waals surface area contributed by atoms with Gasteiger partial charge in [-0.2, -0.15) is 0 Å². The average Bonchev–Trinajstić information content (AvgIpc) is 2.97. The molecular weight excluding hydrogens is 272 g/mol. The second-order valence-corrected chi connectivity index (χ2v) is 4.69. The van der Waals surface area contributed by atoms with Crippen LogP contribution in [0.1, 0.15) is 41.6 Å². The van der Waals surface area contributed by atoms with Gasteiger partial charge in [0.25, 0.3) is 5.91 Å². The molecule has 1 atom stereocenters.